The van der Waals surface area contributed by atoms with Crippen molar-refractivity contribution in [1.29, 1.82) is 0 Å². The molecule has 0 bridgehead atoms. The minimum absolute atomic E-state index is 0.0764. The minimum Gasteiger partial charge on any atom is -0.445 e. The fourth-order valence-electron chi connectivity index (χ4n) is 8.78. The van der Waals surface area contributed by atoms with Gasteiger partial charge in [0.25, 0.3) is 11.8 Å². The van der Waals surface area contributed by atoms with Crippen LogP contribution in [0.25, 0.3) is 28.3 Å². The van der Waals surface area contributed by atoms with E-state index in [2.05, 4.69) is 36.3 Å². The molecule has 22 heteroatoms. The summed E-state index contributed by atoms with van der Waals surface area (Å²) in [5.41, 5.74) is 10.2. The number of nitrogens with two attached hydrogens (primary N) is 1. The number of fused-ring (bicyclic) bond motifs is 1. The molecule has 4 atom stereocenters. The molecule has 1 unspecified atom stereocenters. The first kappa shape index (κ1) is 52.8. The van der Waals surface area contributed by atoms with Crippen LogP contribution in [0, 0.1) is 12.8 Å². The number of nitrogens with zero attached hydrogens (tertiary/aromatic N) is 7. The lowest BCUT2D eigenvalue weighted by molar-refractivity contribution is -0.137. The summed E-state index contributed by atoms with van der Waals surface area (Å²) in [7, 11) is 0. The Morgan fingerprint density at radius 3 is 2.41 bits per heavy atom. The van der Waals surface area contributed by atoms with E-state index in [1.807, 2.05) is 43.5 Å². The van der Waals surface area contributed by atoms with Crippen molar-refractivity contribution >= 4 is 53.0 Å². The number of carbonyl (C=O) groups excluding carboxylic acids is 7. The highest BCUT2D eigenvalue weighted by molar-refractivity contribution is 6.12. The van der Waals surface area contributed by atoms with Gasteiger partial charge >= 0.3 is 12.1 Å². The van der Waals surface area contributed by atoms with Gasteiger partial charge in [-0.05, 0) is 93.3 Å². The van der Waals surface area contributed by atoms with E-state index in [4.69, 9.17) is 20.4 Å². The Balaban J connectivity index is 0.978. The molecule has 1 aromatic carbocycles. The molecule has 5 aromatic rings. The van der Waals surface area contributed by atoms with Gasteiger partial charge in [0.05, 0.1) is 24.0 Å². The molecule has 73 heavy (non-hydrogen) atoms. The van der Waals surface area contributed by atoms with Gasteiger partial charge in [0, 0.05) is 54.8 Å². The summed E-state index contributed by atoms with van der Waals surface area (Å²) in [6, 6.07) is 12.3. The predicted molar refractivity (Wildman–Crippen MR) is 266 cm³/mol. The third-order valence-electron chi connectivity index (χ3n) is 12.7. The van der Waals surface area contributed by atoms with E-state index < -0.39 is 48.2 Å². The quantitative estimate of drug-likeness (QED) is 0.0354. The Kier molecular flexibility index (Phi) is 18.0. The molecule has 0 radical (unpaired) electrons. The summed E-state index contributed by atoms with van der Waals surface area (Å²) in [6.45, 7) is 5.55. The minimum atomic E-state index is -1.27. The van der Waals surface area contributed by atoms with Crippen molar-refractivity contribution in [2.24, 2.45) is 11.7 Å². The van der Waals surface area contributed by atoms with Crippen molar-refractivity contribution in [2.45, 2.75) is 122 Å². The second kappa shape index (κ2) is 24.9. The van der Waals surface area contributed by atoms with Crippen molar-refractivity contribution in [1.82, 2.24) is 55.3 Å². The highest BCUT2D eigenvalue weighted by Crippen LogP contribution is 2.32. The lowest BCUT2D eigenvalue weighted by atomic mass is 9.92. The number of hydrogen-bond acceptors (Lipinski definition) is 12. The molecule has 21 nitrogen and oxygen atoms in total. The van der Waals surface area contributed by atoms with Crippen LogP contribution in [-0.4, -0.2) is 118 Å². The number of rotatable bonds is 23. The fraction of sp³-hybridized carbons (Fsp3) is 0.431. The van der Waals surface area contributed by atoms with Crippen molar-refractivity contribution in [3.63, 3.8) is 0 Å². The Bertz CT molecular complexity index is 2790. The molecule has 0 saturated heterocycles. The fourth-order valence-corrected chi connectivity index (χ4v) is 8.78. The normalized spacial score (nSPS) is 16.3. The van der Waals surface area contributed by atoms with Crippen molar-refractivity contribution < 1.29 is 42.7 Å². The van der Waals surface area contributed by atoms with Crippen LogP contribution in [0.1, 0.15) is 95.1 Å². The molecule has 5 heterocycles. The summed E-state index contributed by atoms with van der Waals surface area (Å²) in [5, 5.41) is 15.1. The Morgan fingerprint density at radius 2 is 1.68 bits per heavy atom. The molecule has 386 valence electrons. The van der Waals surface area contributed by atoms with Gasteiger partial charge in [-0.1, -0.05) is 51.3 Å². The Hall–Kier alpha value is -8.04. The molecule has 1 aliphatic carbocycles. The average molecular weight is 1000 g/mol. The molecular formula is C51H62FN13O8. The molecule has 1 saturated carbocycles. The molecular weight excluding hydrogens is 942 g/mol. The first-order valence-electron chi connectivity index (χ1n) is 24.6. The SMILES string of the molecule is Cc1cccc(-c2nc(CN(C(=O)OCc3ccc(NC(=O)[C@H](CCCNC(N)=O)NC(=O)C(NC(=O)CCCCCN4C(=O)C=CC4=O)C(C)C)cc3)[C@H]3CCCC[C@H]3F)[nH]c2-c2ccc3ncnn3c2)n1. The predicted octanol–water partition coefficient (Wildman–Crippen LogP) is 5.41. The lowest BCUT2D eigenvalue weighted by Crippen LogP contribution is -2.54. The van der Waals surface area contributed by atoms with E-state index in [9.17, 15) is 33.6 Å². The highest BCUT2D eigenvalue weighted by atomic mass is 19.1. The third-order valence-corrected chi connectivity index (χ3v) is 12.7. The summed E-state index contributed by atoms with van der Waals surface area (Å²) < 4.78 is 23.2. The molecule has 2 aliphatic rings. The average Bonchev–Trinajstić information content (AvgIpc) is 4.11. The summed E-state index contributed by atoms with van der Waals surface area (Å²) in [4.78, 5) is 109. The molecule has 7 N–H and O–H groups in total. The number of halogens is 1. The monoisotopic (exact) mass is 1000 g/mol. The first-order chi connectivity index (χ1) is 35.1. The number of pyridine rings is 2. The number of unbranched alkanes of at least 4 members (excludes halogenated alkanes) is 2. The number of hydrogen-bond donors (Lipinski definition) is 6. The van der Waals surface area contributed by atoms with Crippen molar-refractivity contribution in [3.8, 4) is 22.6 Å². The maximum Gasteiger partial charge on any atom is 0.410 e. The number of primary amides is 1. The summed E-state index contributed by atoms with van der Waals surface area (Å²) in [5.74, 6) is -2.18. The molecule has 7 rings (SSSR count). The number of aromatic amines is 1. The zero-order chi connectivity index (χ0) is 52.0. The number of benzene rings is 1. The van der Waals surface area contributed by atoms with E-state index in [1.54, 1.807) is 42.6 Å². The van der Waals surface area contributed by atoms with Gasteiger partial charge in [-0.3, -0.25) is 38.8 Å². The molecule has 1 fully saturated rings. The Morgan fingerprint density at radius 1 is 0.918 bits per heavy atom. The van der Waals surface area contributed by atoms with Crippen LogP contribution in [0.2, 0.25) is 0 Å². The van der Waals surface area contributed by atoms with Crippen molar-refractivity contribution in [2.75, 3.05) is 18.4 Å². The Labute approximate surface area is 421 Å². The number of alkyl halides is 1. The van der Waals surface area contributed by atoms with E-state index in [0.29, 0.717) is 78.3 Å². The maximum atomic E-state index is 15.7. The second-order valence-electron chi connectivity index (χ2n) is 18.5. The zero-order valence-electron chi connectivity index (χ0n) is 41.1. The van der Waals surface area contributed by atoms with E-state index in [0.717, 1.165) is 22.6 Å². The van der Waals surface area contributed by atoms with Gasteiger partial charge < -0.3 is 36.7 Å². The van der Waals surface area contributed by atoms with E-state index in [1.165, 1.54) is 23.4 Å². The van der Waals surface area contributed by atoms with Crippen LogP contribution < -0.4 is 27.0 Å². The van der Waals surface area contributed by atoms with Crippen LogP contribution in [0.4, 0.5) is 19.7 Å². The maximum absolute atomic E-state index is 15.7. The number of amides is 8. The van der Waals surface area contributed by atoms with Crippen LogP contribution in [0.5, 0.6) is 0 Å². The number of imide groups is 1. The number of ether oxygens (including phenoxy) is 1. The number of carbonyl (C=O) groups is 7. The molecule has 4 aromatic heterocycles. The number of imidazole rings is 1. The van der Waals surface area contributed by atoms with Gasteiger partial charge in [-0.25, -0.2) is 28.5 Å². The van der Waals surface area contributed by atoms with Gasteiger partial charge in [0.15, 0.2) is 5.65 Å². The van der Waals surface area contributed by atoms with Crippen LogP contribution in [0.3, 0.4) is 0 Å². The van der Waals surface area contributed by atoms with Gasteiger partial charge in [-0.15, -0.1) is 0 Å². The van der Waals surface area contributed by atoms with Crippen LogP contribution in [-0.2, 0) is 41.9 Å². The summed E-state index contributed by atoms with van der Waals surface area (Å²) >= 11 is 0. The summed E-state index contributed by atoms with van der Waals surface area (Å²) in [6.07, 6.45) is 7.97. The van der Waals surface area contributed by atoms with Crippen molar-refractivity contribution in [3.05, 3.63) is 96.4 Å². The third kappa shape index (κ3) is 14.3. The number of nitrogens with one attached hydrogen (secondary N) is 5. The number of urea groups is 1. The van der Waals surface area contributed by atoms with Crippen LogP contribution in [0.15, 0.2) is 79.3 Å². The highest BCUT2D eigenvalue weighted by Gasteiger charge is 2.35. The van der Waals surface area contributed by atoms with E-state index in [-0.39, 0.29) is 69.1 Å². The standard InChI is InChI=1S/C51H62FN13O8/c1-31(2)45(62-42(66)16-5-4-8-26-63-43(67)23-24-44(63)68)49(70)59-38(14-10-25-54-50(53)71)48(69)58-35-20-17-33(18-21-35)29-73-51(72)64(39-15-7-6-12-36(39)52)28-40-60-46(34-19-22-41-55-30-56-65(41)27-34)47(61-40)37-13-9-11-32(3)57-37/h9,11,13,17-24,27,30-31,36,38-39,45H,4-8,10,12,14-16,25-26,28-29H2,1-3H3,(H,58,69)(H,59,70)(H,60,61)(H,62,66)(H3,53,54,71)/t36-,38+,39+,45?/m1/s1. The topological polar surface area (TPSA) is 281 Å². The molecule has 1 aliphatic heterocycles. The largest absolute Gasteiger partial charge is 0.445 e. The van der Waals surface area contributed by atoms with Gasteiger partial charge in [0.2, 0.25) is 17.7 Å². The number of aryl methyl sites for hydroxylation is 1. The number of anilines is 1. The number of H-pyrrole nitrogens is 1. The molecule has 0 spiro atoms. The van der Waals surface area contributed by atoms with Gasteiger partial charge in [0.1, 0.15) is 42.7 Å². The van der Waals surface area contributed by atoms with Gasteiger partial charge in [-0.2, -0.15) is 5.10 Å². The number of aromatic nitrogens is 6. The lowest BCUT2D eigenvalue weighted by Gasteiger charge is -2.35. The second-order valence-corrected chi connectivity index (χ2v) is 18.5. The van der Waals surface area contributed by atoms with Crippen LogP contribution >= 0.6 is 0 Å². The smallest absolute Gasteiger partial charge is 0.410 e. The first-order valence-corrected chi connectivity index (χ1v) is 24.6. The zero-order valence-corrected chi connectivity index (χ0v) is 41.1. The molecule has 8 amide bonds. The van der Waals surface area contributed by atoms with E-state index >= 15 is 4.39 Å².